The maximum absolute atomic E-state index is 5.88. The fourth-order valence-electron chi connectivity index (χ4n) is 2.21. The van der Waals surface area contributed by atoms with Gasteiger partial charge in [0.05, 0.1) is 0 Å². The molecule has 0 saturated heterocycles. The van der Waals surface area contributed by atoms with Crippen LogP contribution in [-0.2, 0) is 6.54 Å². The van der Waals surface area contributed by atoms with Gasteiger partial charge < -0.3 is 10.5 Å². The van der Waals surface area contributed by atoms with E-state index in [1.54, 1.807) is 6.20 Å². The Hall–Kier alpha value is -1.91. The highest BCUT2D eigenvalue weighted by molar-refractivity contribution is 9.10. The second-order valence-electron chi connectivity index (χ2n) is 4.93. The Morgan fingerprint density at radius 1 is 1.10 bits per heavy atom. The molecule has 0 radical (unpaired) electrons. The Morgan fingerprint density at radius 3 is 2.62 bits per heavy atom. The van der Waals surface area contributed by atoms with Crippen LogP contribution in [0.25, 0.3) is 10.8 Å². The van der Waals surface area contributed by atoms with Crippen LogP contribution >= 0.6 is 15.9 Å². The Morgan fingerprint density at radius 2 is 1.86 bits per heavy atom. The second kappa shape index (κ2) is 5.84. The number of hydrogen-bond donors (Lipinski definition) is 1. The second-order valence-corrected chi connectivity index (χ2v) is 5.84. The molecule has 0 saturated carbocycles. The standard InChI is InChI=1S/C17H15BrN2O/c1-11-6-12(9-19)10-20-17(11)21-16-5-3-13-7-15(18)4-2-14(13)8-16/h2-8,10H,9,19H2,1H3. The van der Waals surface area contributed by atoms with Gasteiger partial charge in [-0.2, -0.15) is 0 Å². The van der Waals surface area contributed by atoms with E-state index in [9.17, 15) is 0 Å². The molecule has 0 fully saturated rings. The zero-order chi connectivity index (χ0) is 14.8. The molecule has 0 bridgehead atoms. The minimum atomic E-state index is 0.485. The Balaban J connectivity index is 1.92. The van der Waals surface area contributed by atoms with Gasteiger partial charge in [0.2, 0.25) is 5.88 Å². The molecule has 0 aliphatic rings. The number of fused-ring (bicyclic) bond motifs is 1. The molecular weight excluding hydrogens is 328 g/mol. The largest absolute Gasteiger partial charge is 0.439 e. The SMILES string of the molecule is Cc1cc(CN)cnc1Oc1ccc2cc(Br)ccc2c1. The van der Waals surface area contributed by atoms with Gasteiger partial charge in [0.15, 0.2) is 0 Å². The van der Waals surface area contributed by atoms with Crippen molar-refractivity contribution in [2.75, 3.05) is 0 Å². The van der Waals surface area contributed by atoms with Crippen molar-refractivity contribution in [3.05, 3.63) is 64.3 Å². The van der Waals surface area contributed by atoms with E-state index in [-0.39, 0.29) is 0 Å². The fourth-order valence-corrected chi connectivity index (χ4v) is 2.59. The van der Waals surface area contributed by atoms with Crippen molar-refractivity contribution in [3.63, 3.8) is 0 Å². The maximum Gasteiger partial charge on any atom is 0.222 e. The number of halogens is 1. The van der Waals surface area contributed by atoms with Gasteiger partial charge in [0.1, 0.15) is 5.75 Å². The van der Waals surface area contributed by atoms with Crippen molar-refractivity contribution in [3.8, 4) is 11.6 Å². The van der Waals surface area contributed by atoms with Crippen LogP contribution in [0.4, 0.5) is 0 Å². The highest BCUT2D eigenvalue weighted by Gasteiger charge is 2.05. The van der Waals surface area contributed by atoms with Crippen molar-refractivity contribution in [1.82, 2.24) is 4.98 Å². The molecule has 0 spiro atoms. The molecular formula is C17H15BrN2O. The number of ether oxygens (including phenoxy) is 1. The Bertz CT molecular complexity index is 802. The molecule has 2 N–H and O–H groups in total. The normalized spacial score (nSPS) is 10.8. The summed E-state index contributed by atoms with van der Waals surface area (Å²) in [5, 5.41) is 2.30. The smallest absolute Gasteiger partial charge is 0.222 e. The lowest BCUT2D eigenvalue weighted by molar-refractivity contribution is 0.459. The van der Waals surface area contributed by atoms with E-state index in [0.29, 0.717) is 12.4 Å². The number of aryl methyl sites for hydroxylation is 1. The Kier molecular flexibility index (Phi) is 3.90. The summed E-state index contributed by atoms with van der Waals surface area (Å²) in [6.07, 6.45) is 1.75. The van der Waals surface area contributed by atoms with E-state index in [1.165, 1.54) is 5.39 Å². The molecule has 106 valence electrons. The number of nitrogens with zero attached hydrogens (tertiary/aromatic N) is 1. The molecule has 0 aliphatic heterocycles. The summed E-state index contributed by atoms with van der Waals surface area (Å²) in [6, 6.07) is 14.2. The first-order valence-electron chi connectivity index (χ1n) is 6.68. The van der Waals surface area contributed by atoms with Crippen molar-refractivity contribution < 1.29 is 4.74 Å². The summed E-state index contributed by atoms with van der Waals surface area (Å²) < 4.78 is 6.95. The van der Waals surface area contributed by atoms with Crippen LogP contribution in [0.5, 0.6) is 11.6 Å². The number of nitrogens with two attached hydrogens (primary N) is 1. The Labute approximate surface area is 131 Å². The first-order chi connectivity index (χ1) is 10.2. The number of pyridine rings is 1. The van der Waals surface area contributed by atoms with Crippen LogP contribution in [-0.4, -0.2) is 4.98 Å². The third-order valence-electron chi connectivity index (χ3n) is 3.31. The molecule has 0 amide bonds. The van der Waals surface area contributed by atoms with E-state index in [4.69, 9.17) is 10.5 Å². The molecule has 3 rings (SSSR count). The van der Waals surface area contributed by atoms with Gasteiger partial charge in [-0.3, -0.25) is 0 Å². The maximum atomic E-state index is 5.88. The van der Waals surface area contributed by atoms with Crippen LogP contribution in [0.3, 0.4) is 0 Å². The molecule has 0 unspecified atom stereocenters. The predicted octanol–water partition coefficient (Wildman–Crippen LogP) is 4.56. The third-order valence-corrected chi connectivity index (χ3v) is 3.80. The van der Waals surface area contributed by atoms with Crippen molar-refractivity contribution in [2.45, 2.75) is 13.5 Å². The fraction of sp³-hybridized carbons (Fsp3) is 0.118. The lowest BCUT2D eigenvalue weighted by Gasteiger charge is -2.09. The number of aromatic nitrogens is 1. The van der Waals surface area contributed by atoms with Gasteiger partial charge in [0, 0.05) is 22.8 Å². The lowest BCUT2D eigenvalue weighted by atomic mass is 10.1. The first kappa shape index (κ1) is 14.0. The van der Waals surface area contributed by atoms with Gasteiger partial charge in [-0.1, -0.05) is 28.1 Å². The van der Waals surface area contributed by atoms with E-state index in [0.717, 1.165) is 26.7 Å². The molecule has 4 heteroatoms. The monoisotopic (exact) mass is 342 g/mol. The van der Waals surface area contributed by atoms with E-state index in [1.807, 2.05) is 37.3 Å². The van der Waals surface area contributed by atoms with Gasteiger partial charge in [-0.05, 0) is 53.6 Å². The zero-order valence-electron chi connectivity index (χ0n) is 11.6. The summed E-state index contributed by atoms with van der Waals surface area (Å²) in [7, 11) is 0. The van der Waals surface area contributed by atoms with Gasteiger partial charge >= 0.3 is 0 Å². The van der Waals surface area contributed by atoms with Crippen LogP contribution < -0.4 is 10.5 Å². The molecule has 2 aromatic carbocycles. The highest BCUT2D eigenvalue weighted by atomic mass is 79.9. The van der Waals surface area contributed by atoms with Gasteiger partial charge in [0.25, 0.3) is 0 Å². The van der Waals surface area contributed by atoms with Crippen LogP contribution in [0.1, 0.15) is 11.1 Å². The lowest BCUT2D eigenvalue weighted by Crippen LogP contribution is -1.99. The predicted molar refractivity (Wildman–Crippen MR) is 88.6 cm³/mol. The first-order valence-corrected chi connectivity index (χ1v) is 7.48. The van der Waals surface area contributed by atoms with Gasteiger partial charge in [-0.15, -0.1) is 0 Å². The molecule has 3 nitrogen and oxygen atoms in total. The number of hydrogen-bond acceptors (Lipinski definition) is 3. The topological polar surface area (TPSA) is 48.1 Å². The number of rotatable bonds is 3. The summed E-state index contributed by atoms with van der Waals surface area (Å²) in [6.45, 7) is 2.46. The van der Waals surface area contributed by atoms with Crippen LogP contribution in [0.2, 0.25) is 0 Å². The minimum absolute atomic E-state index is 0.485. The molecule has 1 aromatic heterocycles. The molecule has 0 aliphatic carbocycles. The summed E-state index contributed by atoms with van der Waals surface area (Å²) >= 11 is 3.48. The molecule has 3 aromatic rings. The highest BCUT2D eigenvalue weighted by Crippen LogP contribution is 2.28. The minimum Gasteiger partial charge on any atom is -0.439 e. The average molecular weight is 343 g/mol. The molecule has 0 atom stereocenters. The summed E-state index contributed by atoms with van der Waals surface area (Å²) in [5.41, 5.74) is 7.59. The van der Waals surface area contributed by atoms with Gasteiger partial charge in [-0.25, -0.2) is 4.98 Å². The van der Waals surface area contributed by atoms with Crippen molar-refractivity contribution >= 4 is 26.7 Å². The van der Waals surface area contributed by atoms with E-state index < -0.39 is 0 Å². The van der Waals surface area contributed by atoms with E-state index >= 15 is 0 Å². The summed E-state index contributed by atoms with van der Waals surface area (Å²) in [5.74, 6) is 1.39. The third kappa shape index (κ3) is 3.06. The quantitative estimate of drug-likeness (QED) is 0.759. The zero-order valence-corrected chi connectivity index (χ0v) is 13.2. The van der Waals surface area contributed by atoms with Crippen molar-refractivity contribution in [2.24, 2.45) is 5.73 Å². The average Bonchev–Trinajstić information content (AvgIpc) is 2.49. The van der Waals surface area contributed by atoms with E-state index in [2.05, 4.69) is 33.0 Å². The molecule has 1 heterocycles. The number of benzene rings is 2. The van der Waals surface area contributed by atoms with Crippen molar-refractivity contribution in [1.29, 1.82) is 0 Å². The molecule has 21 heavy (non-hydrogen) atoms. The van der Waals surface area contributed by atoms with Crippen LogP contribution in [0.15, 0.2) is 53.1 Å². The summed E-state index contributed by atoms with van der Waals surface area (Å²) in [4.78, 5) is 4.33. The van der Waals surface area contributed by atoms with Crippen LogP contribution in [0, 0.1) is 6.92 Å².